The number of hydrogen-bond donors (Lipinski definition) is 0. The summed E-state index contributed by atoms with van der Waals surface area (Å²) in [4.78, 5) is 48.1. The van der Waals surface area contributed by atoms with Crippen molar-refractivity contribution in [2.45, 2.75) is 13.8 Å². The molecule has 0 bridgehead atoms. The molecule has 0 aromatic rings. The van der Waals surface area contributed by atoms with Crippen molar-refractivity contribution in [1.82, 2.24) is 0 Å². The van der Waals surface area contributed by atoms with E-state index in [1.165, 1.54) is 0 Å². The Hall–Kier alpha value is -1.32. The summed E-state index contributed by atoms with van der Waals surface area (Å²) >= 11 is 0. The molecule has 0 unspecified atom stereocenters. The zero-order chi connectivity index (χ0) is 14.3. The maximum Gasteiger partial charge on any atom is 0 e. The van der Waals surface area contributed by atoms with Crippen LogP contribution < -0.4 is 0 Å². The second-order valence-corrected chi connectivity index (χ2v) is 1.27. The molecule has 6 nitrogen and oxygen atoms in total. The number of rotatable bonds is 1. The molecule has 0 atom stereocenters. The van der Waals surface area contributed by atoms with Crippen LogP contribution >= 0.6 is 0 Å². The van der Waals surface area contributed by atoms with Crippen molar-refractivity contribution in [3.8, 4) is 0 Å². The fraction of sp³-hybridized carbons (Fsp3) is 0.333. The van der Waals surface area contributed by atoms with Crippen LogP contribution in [0.1, 0.15) is 13.8 Å². The molecule has 0 aliphatic rings. The van der Waals surface area contributed by atoms with Crippen LogP contribution in [0.3, 0.4) is 0 Å². The average molecular weight is 402 g/mol. The van der Waals surface area contributed by atoms with E-state index in [4.69, 9.17) is 24.0 Å². The van der Waals surface area contributed by atoms with E-state index in [0.29, 0.717) is 0 Å². The monoisotopic (exact) mass is 403 g/mol. The summed E-state index contributed by atoms with van der Waals surface area (Å²) in [5.74, 6) is 0.0787. The third-order valence-corrected chi connectivity index (χ3v) is 0.236. The topological polar surface area (TPSA) is 102 Å². The van der Waals surface area contributed by atoms with Crippen molar-refractivity contribution < 1.29 is 49.2 Å². The van der Waals surface area contributed by atoms with Gasteiger partial charge in [-0.3, -0.25) is 40.2 Å². The van der Waals surface area contributed by atoms with Gasteiger partial charge < -0.3 is 28.8 Å². The minimum Gasteiger partial charge on any atom is -0.545 e. The molecule has 0 rings (SSSR count). The Morgan fingerprint density at radius 3 is 0.750 bits per heavy atom. The molecule has 0 amide bonds. The second kappa shape index (κ2) is 306. The molecule has 0 saturated carbocycles. The first kappa shape index (κ1) is 46.6. The number of carbonyl (C=O) groups excluding carboxylic acids is 6. The summed E-state index contributed by atoms with van der Waals surface area (Å²) in [5.41, 5.74) is 0. The fourth-order valence-electron chi connectivity index (χ4n) is 0. The van der Waals surface area contributed by atoms with Crippen molar-refractivity contribution in [3.05, 3.63) is 0 Å². The molecule has 0 N–H and O–H groups in total. The Morgan fingerprint density at radius 1 is 0.688 bits per heavy atom. The van der Waals surface area contributed by atoms with Crippen LogP contribution in [0.4, 0.5) is 0 Å². The van der Waals surface area contributed by atoms with E-state index in [2.05, 4.69) is 33.9 Å². The van der Waals surface area contributed by atoms with E-state index in [-0.39, 0.29) is 26.3 Å². The van der Waals surface area contributed by atoms with Crippen molar-refractivity contribution in [1.29, 1.82) is 0 Å². The number of hydrogen-bond acceptors (Lipinski definition) is 6. The van der Waals surface area contributed by atoms with Gasteiger partial charge in [-0.05, 0) is 0 Å². The maximum absolute atomic E-state index is 9.38. The van der Waals surface area contributed by atoms with Gasteiger partial charge in [0.2, 0.25) is 0 Å². The molecule has 7 heteroatoms. The van der Waals surface area contributed by atoms with Gasteiger partial charge in [0, 0.05) is 20.4 Å². The van der Waals surface area contributed by atoms with Crippen molar-refractivity contribution in [2.75, 3.05) is 0 Å². The molecule has 0 spiro atoms. The van der Waals surface area contributed by atoms with E-state index in [9.17, 15) is 4.79 Å². The van der Waals surface area contributed by atoms with Gasteiger partial charge in [-0.25, -0.2) is 0 Å². The Balaban J connectivity index is -0.0000000130. The van der Waals surface area contributed by atoms with Crippen LogP contribution in [0, 0.1) is 5.92 Å². The second-order valence-electron chi connectivity index (χ2n) is 1.27. The summed E-state index contributed by atoms with van der Waals surface area (Å²) < 4.78 is 0. The van der Waals surface area contributed by atoms with E-state index in [1.54, 1.807) is 20.1 Å². The first-order valence-corrected chi connectivity index (χ1v) is 2.83. The largest absolute Gasteiger partial charge is 0.545 e. The standard InChI is InChI=1S/C4H7O.5CHO.Re/c1-4(2)3-5;5*1-2;/h4H,1-2H3;5*1H;/q6*-1;. The summed E-state index contributed by atoms with van der Waals surface area (Å²) in [7, 11) is 0. The Bertz CT molecular complexity index is 80.5. The van der Waals surface area contributed by atoms with Gasteiger partial charge in [-0.15, -0.1) is 5.92 Å². The summed E-state index contributed by atoms with van der Waals surface area (Å²) in [6, 6.07) is 0. The quantitative estimate of drug-likeness (QED) is 0.428. The SMILES string of the molecule is CC(C)[C-]=O.[CH-]=O.[CH-]=O.[CH-]=O.[CH-]=O.[CH-]=O.[Re]. The van der Waals surface area contributed by atoms with Crippen LogP contribution in [0.5, 0.6) is 0 Å². The molecule has 16 heavy (non-hydrogen) atoms. The van der Waals surface area contributed by atoms with E-state index < -0.39 is 0 Å². The Labute approximate surface area is 109 Å². The fourth-order valence-corrected chi connectivity index (χ4v) is 0. The van der Waals surface area contributed by atoms with E-state index in [1.807, 2.05) is 0 Å². The molecule has 0 aliphatic heterocycles. The minimum absolute atomic E-state index is 0. The molecule has 0 aromatic heterocycles. The molecule has 0 aliphatic carbocycles. The molecule has 0 fully saturated rings. The van der Waals surface area contributed by atoms with Gasteiger partial charge >= 0.3 is 0 Å². The third kappa shape index (κ3) is 3720. The molecule has 97 valence electrons. The summed E-state index contributed by atoms with van der Waals surface area (Å²) in [5, 5.41) is 0. The first-order chi connectivity index (χ1) is 7.27. The normalized spacial score (nSPS) is 3.94. The third-order valence-electron chi connectivity index (χ3n) is 0.236. The molecule has 0 heterocycles. The van der Waals surface area contributed by atoms with Gasteiger partial charge in [0.25, 0.3) is 0 Å². The van der Waals surface area contributed by atoms with Crippen LogP contribution in [0.2, 0.25) is 0 Å². The molecule has 1 radical (unpaired) electrons. The Kier molecular flexibility index (Phi) is 890. The minimum atomic E-state index is 0. The smallest absolute Gasteiger partial charge is 0 e. The zero-order valence-corrected chi connectivity index (χ0v) is 11.5. The summed E-state index contributed by atoms with van der Waals surface area (Å²) in [6.07, 6.45) is 1.78. The van der Waals surface area contributed by atoms with Gasteiger partial charge in [-0.2, -0.15) is 0 Å². The van der Waals surface area contributed by atoms with Crippen molar-refractivity contribution >= 4 is 40.2 Å². The molecular weight excluding hydrogens is 390 g/mol. The van der Waals surface area contributed by atoms with Gasteiger partial charge in [0.15, 0.2) is 0 Å². The van der Waals surface area contributed by atoms with Crippen molar-refractivity contribution in [2.24, 2.45) is 5.92 Å². The van der Waals surface area contributed by atoms with Gasteiger partial charge in [-0.1, -0.05) is 13.8 Å². The van der Waals surface area contributed by atoms with Gasteiger partial charge in [0.1, 0.15) is 0 Å². The van der Waals surface area contributed by atoms with Crippen LogP contribution in [-0.4, -0.2) is 40.2 Å². The maximum atomic E-state index is 9.38. The van der Waals surface area contributed by atoms with Crippen LogP contribution in [0.25, 0.3) is 0 Å². The first-order valence-electron chi connectivity index (χ1n) is 2.83. The summed E-state index contributed by atoms with van der Waals surface area (Å²) in [6.45, 7) is 19.8. The Morgan fingerprint density at radius 2 is 0.750 bits per heavy atom. The predicted molar refractivity (Wildman–Crippen MR) is 54.3 cm³/mol. The molecule has 0 aromatic carbocycles. The van der Waals surface area contributed by atoms with Crippen LogP contribution in [0.15, 0.2) is 0 Å². The van der Waals surface area contributed by atoms with Crippen LogP contribution in [-0.2, 0) is 49.2 Å². The molecular formula is C9H12O6Re-6. The average Bonchev–Trinajstić information content (AvgIpc) is 2.41. The van der Waals surface area contributed by atoms with Gasteiger partial charge in [0.05, 0.1) is 0 Å². The molecule has 0 saturated heterocycles. The van der Waals surface area contributed by atoms with Crippen molar-refractivity contribution in [3.63, 3.8) is 0 Å². The van der Waals surface area contributed by atoms with E-state index in [0.717, 1.165) is 0 Å². The zero-order valence-electron chi connectivity index (χ0n) is 8.79. The predicted octanol–water partition coefficient (Wildman–Crippen LogP) is -0.621. The van der Waals surface area contributed by atoms with E-state index >= 15 is 0 Å².